The first-order chi connectivity index (χ1) is 12.2. The summed E-state index contributed by atoms with van der Waals surface area (Å²) in [4.78, 5) is 31.0. The summed E-state index contributed by atoms with van der Waals surface area (Å²) in [5, 5.41) is 0.972. The average molecular weight is 348 g/mol. The fraction of sp³-hybridized carbons (Fsp3) is 0. The number of aromatic nitrogens is 2. The maximum absolute atomic E-state index is 12.2. The summed E-state index contributed by atoms with van der Waals surface area (Å²) in [6, 6.07) is 10.9. The summed E-state index contributed by atoms with van der Waals surface area (Å²) in [5.74, 6) is -0.197. The third kappa shape index (κ3) is 3.20. The van der Waals surface area contributed by atoms with E-state index in [2.05, 4.69) is 9.97 Å². The predicted molar refractivity (Wildman–Crippen MR) is 97.0 cm³/mol. The van der Waals surface area contributed by atoms with E-state index in [1.165, 1.54) is 23.6 Å². The van der Waals surface area contributed by atoms with Crippen LogP contribution in [0.4, 0.5) is 0 Å². The van der Waals surface area contributed by atoms with Gasteiger partial charge in [0.25, 0.3) is 5.56 Å². The summed E-state index contributed by atoms with van der Waals surface area (Å²) >= 11 is 1.24. The minimum absolute atomic E-state index is 0.197. The van der Waals surface area contributed by atoms with Crippen molar-refractivity contribution in [3.63, 3.8) is 0 Å². The monoisotopic (exact) mass is 348 g/mol. The number of fused-ring (bicyclic) bond motifs is 1. The first-order valence-electron chi connectivity index (χ1n) is 7.53. The minimum atomic E-state index is -0.220. The van der Waals surface area contributed by atoms with Crippen molar-refractivity contribution < 1.29 is 9.21 Å². The number of Topliss-reactive ketones (excluding diaryl/α,β-unsaturated/α-hetero) is 1. The van der Waals surface area contributed by atoms with Crippen molar-refractivity contribution in [2.75, 3.05) is 0 Å². The van der Waals surface area contributed by atoms with E-state index in [0.29, 0.717) is 14.8 Å². The number of nitrogens with one attached hydrogen (secondary N) is 1. The van der Waals surface area contributed by atoms with Crippen LogP contribution in [0.1, 0.15) is 15.9 Å². The fourth-order valence-corrected chi connectivity index (χ4v) is 3.35. The van der Waals surface area contributed by atoms with Gasteiger partial charge in [0.15, 0.2) is 5.78 Å². The number of hydrogen-bond acceptors (Lipinski definition) is 5. The van der Waals surface area contributed by atoms with Gasteiger partial charge in [-0.15, -0.1) is 11.3 Å². The van der Waals surface area contributed by atoms with E-state index in [1.807, 2.05) is 24.3 Å². The molecule has 0 saturated carbocycles. The molecule has 5 nitrogen and oxygen atoms in total. The topological polar surface area (TPSA) is 76.0 Å². The van der Waals surface area contributed by atoms with Crippen LogP contribution in [0, 0.1) is 0 Å². The molecule has 0 aliphatic rings. The molecular weight excluding hydrogens is 336 g/mol. The lowest BCUT2D eigenvalue weighted by Crippen LogP contribution is -2.20. The van der Waals surface area contributed by atoms with Crippen molar-refractivity contribution in [2.45, 2.75) is 0 Å². The number of thiazole rings is 1. The second kappa shape index (κ2) is 6.33. The number of carbonyl (C=O) groups is 1. The summed E-state index contributed by atoms with van der Waals surface area (Å²) in [6.07, 6.45) is 7.94. The number of H-pyrrole nitrogens is 1. The molecule has 0 unspecified atom stereocenters. The van der Waals surface area contributed by atoms with E-state index in [4.69, 9.17) is 4.42 Å². The van der Waals surface area contributed by atoms with Crippen LogP contribution in [0.5, 0.6) is 0 Å². The maximum atomic E-state index is 12.2. The van der Waals surface area contributed by atoms with Crippen LogP contribution < -0.4 is 14.8 Å². The lowest BCUT2D eigenvalue weighted by molar-refractivity contribution is 0.106. The van der Waals surface area contributed by atoms with Gasteiger partial charge < -0.3 is 9.40 Å². The number of benzene rings is 1. The van der Waals surface area contributed by atoms with Gasteiger partial charge in [-0.3, -0.25) is 14.6 Å². The molecule has 0 bridgehead atoms. The standard InChI is InChI=1S/C19H12N2O3S/c22-15(14-2-1-6-20-11-14)10-18-21-19(23)17(25-18)9-12-3-4-16-13(8-12)5-7-24-16/h1-11H,(H,21,23)/b17-9-,18-10+. The molecule has 0 amide bonds. The zero-order valence-electron chi connectivity index (χ0n) is 12.9. The Morgan fingerprint density at radius 3 is 3.00 bits per heavy atom. The number of aromatic amines is 1. The summed E-state index contributed by atoms with van der Waals surface area (Å²) < 4.78 is 6.35. The molecule has 1 aromatic carbocycles. The van der Waals surface area contributed by atoms with Gasteiger partial charge in [-0.25, -0.2) is 0 Å². The molecular formula is C19H12N2O3S. The third-order valence-electron chi connectivity index (χ3n) is 3.66. The van der Waals surface area contributed by atoms with Crippen LogP contribution in [-0.2, 0) is 0 Å². The minimum Gasteiger partial charge on any atom is -0.464 e. The van der Waals surface area contributed by atoms with E-state index in [1.54, 1.807) is 30.7 Å². The second-order valence-electron chi connectivity index (χ2n) is 5.40. The first kappa shape index (κ1) is 15.3. The number of hydrogen-bond donors (Lipinski definition) is 1. The number of nitrogens with zero attached hydrogens (tertiary/aromatic N) is 1. The molecule has 6 heteroatoms. The highest BCUT2D eigenvalue weighted by molar-refractivity contribution is 7.07. The molecule has 4 aromatic rings. The van der Waals surface area contributed by atoms with Crippen LogP contribution in [0.3, 0.4) is 0 Å². The SMILES string of the molecule is O=C(/C=c1\[nH]c(=O)/c(=C/c2ccc3occc3c2)s1)c1cccnc1. The van der Waals surface area contributed by atoms with Crippen molar-refractivity contribution in [1.29, 1.82) is 0 Å². The predicted octanol–water partition coefficient (Wildman–Crippen LogP) is 2.07. The largest absolute Gasteiger partial charge is 0.464 e. The smallest absolute Gasteiger partial charge is 0.266 e. The van der Waals surface area contributed by atoms with Crippen molar-refractivity contribution in [1.82, 2.24) is 9.97 Å². The normalized spacial score (nSPS) is 12.8. The van der Waals surface area contributed by atoms with Gasteiger partial charge in [-0.2, -0.15) is 0 Å². The van der Waals surface area contributed by atoms with E-state index >= 15 is 0 Å². The Labute approximate surface area is 145 Å². The number of furan rings is 1. The van der Waals surface area contributed by atoms with Crippen LogP contribution in [0.15, 0.2) is 64.3 Å². The van der Waals surface area contributed by atoms with E-state index < -0.39 is 0 Å². The Morgan fingerprint density at radius 1 is 1.24 bits per heavy atom. The highest BCUT2D eigenvalue weighted by Gasteiger charge is 2.03. The van der Waals surface area contributed by atoms with Crippen molar-refractivity contribution >= 4 is 40.2 Å². The van der Waals surface area contributed by atoms with Gasteiger partial charge in [0.2, 0.25) is 0 Å². The Hall–Kier alpha value is -3.25. The number of rotatable bonds is 3. The molecule has 4 rings (SSSR count). The zero-order chi connectivity index (χ0) is 17.2. The molecule has 0 radical (unpaired) electrons. The second-order valence-corrected chi connectivity index (χ2v) is 6.48. The fourth-order valence-electron chi connectivity index (χ4n) is 2.46. The molecule has 25 heavy (non-hydrogen) atoms. The lowest BCUT2D eigenvalue weighted by Gasteiger charge is -1.92. The van der Waals surface area contributed by atoms with E-state index in [0.717, 1.165) is 16.5 Å². The molecule has 122 valence electrons. The molecule has 0 spiro atoms. The van der Waals surface area contributed by atoms with E-state index in [-0.39, 0.29) is 11.3 Å². The Kier molecular flexibility index (Phi) is 3.87. The van der Waals surface area contributed by atoms with Crippen LogP contribution in [0.25, 0.3) is 23.1 Å². The van der Waals surface area contributed by atoms with Crippen LogP contribution >= 0.6 is 11.3 Å². The average Bonchev–Trinajstić information content (AvgIpc) is 3.22. The van der Waals surface area contributed by atoms with Gasteiger partial charge in [-0.1, -0.05) is 6.07 Å². The van der Waals surface area contributed by atoms with Gasteiger partial charge >= 0.3 is 0 Å². The van der Waals surface area contributed by atoms with Gasteiger partial charge in [-0.05, 0) is 42.0 Å². The molecule has 3 heterocycles. The summed E-state index contributed by atoms with van der Waals surface area (Å²) in [7, 11) is 0. The maximum Gasteiger partial charge on any atom is 0.266 e. The lowest BCUT2D eigenvalue weighted by atomic mass is 10.1. The zero-order valence-corrected chi connectivity index (χ0v) is 13.7. The molecule has 0 aliphatic heterocycles. The first-order valence-corrected chi connectivity index (χ1v) is 8.35. The molecule has 0 atom stereocenters. The van der Waals surface area contributed by atoms with Crippen molar-refractivity contribution in [3.05, 3.63) is 85.7 Å². The third-order valence-corrected chi connectivity index (χ3v) is 4.63. The molecule has 3 aromatic heterocycles. The highest BCUT2D eigenvalue weighted by Crippen LogP contribution is 2.17. The van der Waals surface area contributed by atoms with E-state index in [9.17, 15) is 9.59 Å². The highest BCUT2D eigenvalue weighted by atomic mass is 32.1. The van der Waals surface area contributed by atoms with Crippen molar-refractivity contribution in [3.8, 4) is 0 Å². The Balaban J connectivity index is 1.73. The van der Waals surface area contributed by atoms with Gasteiger partial charge in [0.05, 0.1) is 15.5 Å². The molecule has 1 N–H and O–H groups in total. The molecule has 0 saturated heterocycles. The van der Waals surface area contributed by atoms with Crippen LogP contribution in [0.2, 0.25) is 0 Å². The van der Waals surface area contributed by atoms with Gasteiger partial charge in [0, 0.05) is 29.4 Å². The summed E-state index contributed by atoms with van der Waals surface area (Å²) in [6.45, 7) is 0. The van der Waals surface area contributed by atoms with Crippen LogP contribution in [-0.4, -0.2) is 15.8 Å². The van der Waals surface area contributed by atoms with Crippen molar-refractivity contribution in [2.24, 2.45) is 0 Å². The molecule has 0 aliphatic carbocycles. The Bertz CT molecular complexity index is 1230. The number of ketones is 1. The summed E-state index contributed by atoms with van der Waals surface area (Å²) in [5.41, 5.74) is 1.95. The number of pyridine rings is 1. The number of carbonyl (C=O) groups excluding carboxylic acids is 1. The quantitative estimate of drug-likeness (QED) is 0.575. The molecule has 0 fully saturated rings. The van der Waals surface area contributed by atoms with Gasteiger partial charge in [0.1, 0.15) is 5.58 Å². The Morgan fingerprint density at radius 2 is 2.16 bits per heavy atom.